The van der Waals surface area contributed by atoms with Crippen LogP contribution < -0.4 is 4.80 Å². The van der Waals surface area contributed by atoms with Crippen molar-refractivity contribution in [3.8, 4) is 11.3 Å². The molecule has 1 aromatic heterocycles. The molecule has 4 rings (SSSR count). The quantitative estimate of drug-likeness (QED) is 0.604. The number of benzene rings is 2. The van der Waals surface area contributed by atoms with E-state index < -0.39 is 0 Å². The van der Waals surface area contributed by atoms with Gasteiger partial charge in [-0.25, -0.2) is 4.99 Å². The molecule has 1 aliphatic heterocycles. The number of rotatable bonds is 5. The number of aryl methyl sites for hydroxylation is 1. The van der Waals surface area contributed by atoms with Gasteiger partial charge in [0.05, 0.1) is 24.6 Å². The van der Waals surface area contributed by atoms with Crippen molar-refractivity contribution < 1.29 is 4.74 Å². The summed E-state index contributed by atoms with van der Waals surface area (Å²) in [5.74, 6) is 0. The lowest BCUT2D eigenvalue weighted by molar-refractivity contribution is 0.0363. The molecule has 2 heterocycles. The van der Waals surface area contributed by atoms with E-state index in [0.29, 0.717) is 0 Å². The minimum Gasteiger partial charge on any atom is -0.379 e. The molecule has 4 nitrogen and oxygen atoms in total. The van der Waals surface area contributed by atoms with E-state index in [1.165, 1.54) is 11.3 Å². The van der Waals surface area contributed by atoms with Gasteiger partial charge in [-0.1, -0.05) is 41.9 Å². The molecule has 0 saturated carbocycles. The lowest BCUT2D eigenvalue weighted by Gasteiger charge is -2.26. The van der Waals surface area contributed by atoms with Crippen LogP contribution in [-0.2, 0) is 11.3 Å². The maximum Gasteiger partial charge on any atom is 0.190 e. The second-order valence-electron chi connectivity index (χ2n) is 6.91. The van der Waals surface area contributed by atoms with E-state index in [1.807, 2.05) is 24.3 Å². The van der Waals surface area contributed by atoms with E-state index in [1.54, 1.807) is 11.3 Å². The van der Waals surface area contributed by atoms with Gasteiger partial charge >= 0.3 is 0 Å². The Balaban J connectivity index is 1.71. The number of halogens is 1. The van der Waals surface area contributed by atoms with Gasteiger partial charge in [-0.2, -0.15) is 0 Å². The predicted molar refractivity (Wildman–Crippen MR) is 116 cm³/mol. The second-order valence-corrected chi connectivity index (χ2v) is 8.19. The Morgan fingerprint density at radius 3 is 2.54 bits per heavy atom. The highest BCUT2D eigenvalue weighted by Crippen LogP contribution is 2.23. The summed E-state index contributed by atoms with van der Waals surface area (Å²) in [7, 11) is 0. The van der Waals surface area contributed by atoms with Crippen LogP contribution in [0.5, 0.6) is 0 Å². The zero-order valence-electron chi connectivity index (χ0n) is 16.0. The number of hydrogen-bond donors (Lipinski definition) is 0. The van der Waals surface area contributed by atoms with Gasteiger partial charge in [0.15, 0.2) is 4.80 Å². The summed E-state index contributed by atoms with van der Waals surface area (Å²) in [6.45, 7) is 7.60. The van der Waals surface area contributed by atoms with Crippen LogP contribution in [0.2, 0.25) is 5.02 Å². The molecule has 0 amide bonds. The van der Waals surface area contributed by atoms with Crippen LogP contribution in [0.3, 0.4) is 0 Å². The minimum atomic E-state index is 0.753. The van der Waals surface area contributed by atoms with E-state index >= 15 is 0 Å². The number of morpholine rings is 1. The van der Waals surface area contributed by atoms with E-state index in [0.717, 1.165) is 60.5 Å². The van der Waals surface area contributed by atoms with Gasteiger partial charge in [-0.3, -0.25) is 4.90 Å². The van der Waals surface area contributed by atoms with Gasteiger partial charge < -0.3 is 9.30 Å². The Bertz CT molecular complexity index is 988. The van der Waals surface area contributed by atoms with Crippen LogP contribution in [0.1, 0.15) is 5.56 Å². The van der Waals surface area contributed by atoms with Crippen molar-refractivity contribution in [1.29, 1.82) is 0 Å². The van der Waals surface area contributed by atoms with E-state index in [4.69, 9.17) is 21.3 Å². The number of para-hydroxylation sites is 1. The van der Waals surface area contributed by atoms with E-state index in [2.05, 4.69) is 46.0 Å². The summed E-state index contributed by atoms with van der Waals surface area (Å²) in [5, 5.41) is 2.95. The third kappa shape index (κ3) is 4.55. The SMILES string of the molecule is Cc1ccccc1N=c1scc(-c2ccc(Cl)cc2)n1CCN1CCOCC1. The average Bonchev–Trinajstić information content (AvgIpc) is 3.12. The molecule has 146 valence electrons. The Kier molecular flexibility index (Phi) is 6.27. The summed E-state index contributed by atoms with van der Waals surface area (Å²) < 4.78 is 7.81. The van der Waals surface area contributed by atoms with Crippen molar-refractivity contribution >= 4 is 28.6 Å². The van der Waals surface area contributed by atoms with Crippen LogP contribution >= 0.6 is 22.9 Å². The lowest BCUT2D eigenvalue weighted by Crippen LogP contribution is -2.39. The molecular formula is C22H24ClN3OS. The number of thiazole rings is 1. The van der Waals surface area contributed by atoms with Gasteiger partial charge in [0.1, 0.15) is 0 Å². The molecule has 2 aromatic carbocycles. The van der Waals surface area contributed by atoms with Gasteiger partial charge in [0, 0.05) is 36.6 Å². The Labute approximate surface area is 174 Å². The summed E-state index contributed by atoms with van der Waals surface area (Å²) in [5.41, 5.74) is 4.55. The van der Waals surface area contributed by atoms with Crippen molar-refractivity contribution in [2.75, 3.05) is 32.8 Å². The molecule has 0 radical (unpaired) electrons. The molecule has 0 aliphatic carbocycles. The van der Waals surface area contributed by atoms with Crippen LogP contribution in [0.4, 0.5) is 5.69 Å². The normalized spacial score (nSPS) is 15.9. The molecule has 0 bridgehead atoms. The third-order valence-electron chi connectivity index (χ3n) is 5.01. The molecule has 1 aliphatic rings. The fraction of sp³-hybridized carbons (Fsp3) is 0.318. The van der Waals surface area contributed by atoms with Gasteiger partial charge in [0.25, 0.3) is 0 Å². The van der Waals surface area contributed by atoms with E-state index in [9.17, 15) is 0 Å². The second kappa shape index (κ2) is 9.05. The molecule has 0 atom stereocenters. The Morgan fingerprint density at radius 1 is 1.04 bits per heavy atom. The first kappa shape index (κ1) is 19.4. The van der Waals surface area contributed by atoms with Crippen molar-refractivity contribution in [1.82, 2.24) is 9.47 Å². The number of hydrogen-bond acceptors (Lipinski definition) is 4. The van der Waals surface area contributed by atoms with Gasteiger partial charge in [0.2, 0.25) is 0 Å². The third-order valence-corrected chi connectivity index (χ3v) is 6.13. The van der Waals surface area contributed by atoms with E-state index in [-0.39, 0.29) is 0 Å². The molecule has 0 N–H and O–H groups in total. The number of nitrogens with zero attached hydrogens (tertiary/aromatic N) is 3. The average molecular weight is 414 g/mol. The van der Waals surface area contributed by atoms with Crippen molar-refractivity contribution in [3.63, 3.8) is 0 Å². The molecule has 6 heteroatoms. The molecular weight excluding hydrogens is 390 g/mol. The first-order chi connectivity index (χ1) is 13.7. The van der Waals surface area contributed by atoms with Crippen molar-refractivity contribution in [3.05, 3.63) is 69.3 Å². The highest BCUT2D eigenvalue weighted by atomic mass is 35.5. The number of ether oxygens (including phenoxy) is 1. The monoisotopic (exact) mass is 413 g/mol. The van der Waals surface area contributed by atoms with Crippen LogP contribution in [0, 0.1) is 6.92 Å². The zero-order valence-corrected chi connectivity index (χ0v) is 17.5. The number of aromatic nitrogens is 1. The predicted octanol–water partition coefficient (Wildman–Crippen LogP) is 4.74. The van der Waals surface area contributed by atoms with Gasteiger partial charge in [-0.05, 0) is 36.2 Å². The Morgan fingerprint density at radius 2 is 1.79 bits per heavy atom. The maximum absolute atomic E-state index is 6.09. The smallest absolute Gasteiger partial charge is 0.190 e. The Hall–Kier alpha value is -1.92. The zero-order chi connectivity index (χ0) is 19.3. The molecule has 0 spiro atoms. The molecule has 0 unspecified atom stereocenters. The molecule has 1 saturated heterocycles. The largest absolute Gasteiger partial charge is 0.379 e. The summed E-state index contributed by atoms with van der Waals surface area (Å²) >= 11 is 7.78. The maximum atomic E-state index is 6.09. The highest BCUT2D eigenvalue weighted by Gasteiger charge is 2.13. The minimum absolute atomic E-state index is 0.753. The molecule has 3 aromatic rings. The highest BCUT2D eigenvalue weighted by molar-refractivity contribution is 7.07. The van der Waals surface area contributed by atoms with Crippen LogP contribution in [0.15, 0.2) is 58.9 Å². The van der Waals surface area contributed by atoms with Crippen LogP contribution in [0.25, 0.3) is 11.3 Å². The molecule has 28 heavy (non-hydrogen) atoms. The summed E-state index contributed by atoms with van der Waals surface area (Å²) in [4.78, 5) is 8.46. The standard InChI is InChI=1S/C22H24ClN3OS/c1-17-4-2-3-5-20(17)24-22-26(11-10-25-12-14-27-15-13-25)21(16-28-22)18-6-8-19(23)9-7-18/h2-9,16H,10-15H2,1H3. The first-order valence-electron chi connectivity index (χ1n) is 9.55. The van der Waals surface area contributed by atoms with Crippen molar-refractivity contribution in [2.45, 2.75) is 13.5 Å². The lowest BCUT2D eigenvalue weighted by atomic mass is 10.2. The first-order valence-corrected chi connectivity index (χ1v) is 10.8. The van der Waals surface area contributed by atoms with Crippen LogP contribution in [-0.4, -0.2) is 42.3 Å². The topological polar surface area (TPSA) is 29.8 Å². The summed E-state index contributed by atoms with van der Waals surface area (Å²) in [6, 6.07) is 16.3. The fourth-order valence-electron chi connectivity index (χ4n) is 3.34. The van der Waals surface area contributed by atoms with Gasteiger partial charge in [-0.15, -0.1) is 11.3 Å². The summed E-state index contributed by atoms with van der Waals surface area (Å²) in [6.07, 6.45) is 0. The fourth-order valence-corrected chi connectivity index (χ4v) is 4.42. The van der Waals surface area contributed by atoms with Crippen molar-refractivity contribution in [2.24, 2.45) is 4.99 Å². The molecule has 1 fully saturated rings.